The molecule has 2 saturated heterocycles. The molecule has 1 aromatic carbocycles. The van der Waals surface area contributed by atoms with Crippen LogP contribution in [0.25, 0.3) is 0 Å². The molecule has 5 nitrogen and oxygen atoms in total. The molecule has 0 bridgehead atoms. The molecule has 3 heterocycles. The van der Waals surface area contributed by atoms with Crippen molar-refractivity contribution in [3.8, 4) is 0 Å². The van der Waals surface area contributed by atoms with Gasteiger partial charge in [-0.15, -0.1) is 11.3 Å². The Kier molecular flexibility index (Phi) is 5.61. The number of thiophene rings is 1. The third-order valence-corrected chi connectivity index (χ3v) is 7.67. The summed E-state index contributed by atoms with van der Waals surface area (Å²) in [5, 5.41) is 4.89. The average Bonchev–Trinajstić information content (AvgIpc) is 3.54. The van der Waals surface area contributed by atoms with E-state index < -0.39 is 0 Å². The quantitative estimate of drug-likeness (QED) is 0.762. The van der Waals surface area contributed by atoms with Gasteiger partial charge in [-0.3, -0.25) is 9.59 Å². The zero-order valence-electron chi connectivity index (χ0n) is 17.1. The zero-order chi connectivity index (χ0) is 20.5. The van der Waals surface area contributed by atoms with Crippen LogP contribution in [0.15, 0.2) is 41.8 Å². The van der Waals surface area contributed by atoms with Crippen molar-refractivity contribution in [2.75, 3.05) is 18.4 Å². The van der Waals surface area contributed by atoms with Crippen LogP contribution < -0.4 is 5.32 Å². The highest BCUT2D eigenvalue weighted by molar-refractivity contribution is 7.12. The minimum absolute atomic E-state index is 0.0279. The highest BCUT2D eigenvalue weighted by Crippen LogP contribution is 2.42. The maximum absolute atomic E-state index is 12.8. The van der Waals surface area contributed by atoms with Crippen LogP contribution in [0.3, 0.4) is 0 Å². The minimum Gasteiger partial charge on any atom is -0.370 e. The fraction of sp³-hybridized carbons (Fsp3) is 0.500. The van der Waals surface area contributed by atoms with E-state index in [-0.39, 0.29) is 24.0 Å². The maximum Gasteiger partial charge on any atom is 0.265 e. The normalized spacial score (nSPS) is 26.5. The van der Waals surface area contributed by atoms with E-state index in [0.717, 1.165) is 50.0 Å². The Morgan fingerprint density at radius 1 is 1.10 bits per heavy atom. The van der Waals surface area contributed by atoms with Crippen molar-refractivity contribution in [3.05, 3.63) is 52.2 Å². The first-order valence-electron chi connectivity index (χ1n) is 11.1. The summed E-state index contributed by atoms with van der Waals surface area (Å²) in [5.74, 6) is 0.943. The molecule has 3 atom stereocenters. The van der Waals surface area contributed by atoms with E-state index in [0.29, 0.717) is 16.7 Å². The van der Waals surface area contributed by atoms with Crippen LogP contribution in [0.4, 0.5) is 5.69 Å². The number of carbonyl (C=O) groups excluding carboxylic acids is 2. The zero-order valence-corrected chi connectivity index (χ0v) is 17.9. The molecule has 0 radical (unpaired) electrons. The van der Waals surface area contributed by atoms with Gasteiger partial charge in [0.2, 0.25) is 5.91 Å². The first kappa shape index (κ1) is 19.8. The predicted octanol–water partition coefficient (Wildman–Crippen LogP) is 4.87. The van der Waals surface area contributed by atoms with E-state index in [4.69, 9.17) is 4.74 Å². The number of hydrogen-bond donors (Lipinski definition) is 1. The summed E-state index contributed by atoms with van der Waals surface area (Å²) in [6.45, 7) is 1.64. The molecule has 1 aromatic heterocycles. The SMILES string of the molecule is O=C(Nc1cccc(C2CC3CN(C(=O)C4CCCC4)CCC3O2)c1)c1cccs1. The Labute approximate surface area is 181 Å². The van der Waals surface area contributed by atoms with Gasteiger partial charge in [0, 0.05) is 30.6 Å². The highest BCUT2D eigenvalue weighted by Gasteiger charge is 2.41. The number of nitrogens with one attached hydrogen (secondary N) is 1. The monoisotopic (exact) mass is 424 g/mol. The van der Waals surface area contributed by atoms with Gasteiger partial charge in [0.1, 0.15) is 0 Å². The molecule has 2 aromatic rings. The van der Waals surface area contributed by atoms with Gasteiger partial charge < -0.3 is 15.0 Å². The summed E-state index contributed by atoms with van der Waals surface area (Å²) in [7, 11) is 0. The second-order valence-electron chi connectivity index (χ2n) is 8.77. The van der Waals surface area contributed by atoms with Crippen LogP contribution >= 0.6 is 11.3 Å². The topological polar surface area (TPSA) is 58.6 Å². The number of nitrogens with zero attached hydrogens (tertiary/aromatic N) is 1. The Morgan fingerprint density at radius 3 is 2.77 bits per heavy atom. The number of benzene rings is 1. The van der Waals surface area contributed by atoms with Crippen LogP contribution in [0.1, 0.15) is 59.9 Å². The lowest BCUT2D eigenvalue weighted by Gasteiger charge is -2.35. The first-order chi connectivity index (χ1) is 14.7. The summed E-state index contributed by atoms with van der Waals surface area (Å²) in [6, 6.07) is 11.7. The number of hydrogen-bond acceptors (Lipinski definition) is 4. The van der Waals surface area contributed by atoms with E-state index in [9.17, 15) is 9.59 Å². The number of ether oxygens (including phenoxy) is 1. The van der Waals surface area contributed by atoms with E-state index in [1.54, 1.807) is 0 Å². The lowest BCUT2D eigenvalue weighted by molar-refractivity contribution is -0.138. The van der Waals surface area contributed by atoms with E-state index in [2.05, 4.69) is 16.3 Å². The predicted molar refractivity (Wildman–Crippen MR) is 118 cm³/mol. The largest absolute Gasteiger partial charge is 0.370 e. The van der Waals surface area contributed by atoms with Crippen LogP contribution in [-0.4, -0.2) is 35.9 Å². The number of carbonyl (C=O) groups is 2. The number of piperidine rings is 1. The summed E-state index contributed by atoms with van der Waals surface area (Å²) in [5.41, 5.74) is 1.89. The van der Waals surface area contributed by atoms with Gasteiger partial charge in [0.15, 0.2) is 0 Å². The Morgan fingerprint density at radius 2 is 1.97 bits per heavy atom. The van der Waals surface area contributed by atoms with Crippen molar-refractivity contribution < 1.29 is 14.3 Å². The van der Waals surface area contributed by atoms with Crippen molar-refractivity contribution in [2.45, 2.75) is 50.7 Å². The third-order valence-electron chi connectivity index (χ3n) is 6.80. The smallest absolute Gasteiger partial charge is 0.265 e. The molecule has 158 valence electrons. The van der Waals surface area contributed by atoms with Gasteiger partial charge in [-0.05, 0) is 54.8 Å². The van der Waals surface area contributed by atoms with Crippen LogP contribution in [0.2, 0.25) is 0 Å². The first-order valence-corrected chi connectivity index (χ1v) is 11.9. The standard InChI is InChI=1S/C24H28N2O3S/c27-23(22-9-4-12-30-22)25-19-8-3-7-17(13-19)21-14-18-15-26(11-10-20(18)29-21)24(28)16-5-1-2-6-16/h3-4,7-9,12-13,16,18,20-21H,1-2,5-6,10-11,14-15H2,(H,25,27). The molecular weight excluding hydrogens is 396 g/mol. The van der Waals surface area contributed by atoms with E-state index >= 15 is 0 Å². The van der Waals surface area contributed by atoms with E-state index in [1.165, 1.54) is 24.2 Å². The van der Waals surface area contributed by atoms with Crippen LogP contribution in [0, 0.1) is 11.8 Å². The van der Waals surface area contributed by atoms with Gasteiger partial charge in [-0.25, -0.2) is 0 Å². The molecule has 1 aliphatic carbocycles. The molecule has 1 N–H and O–H groups in total. The van der Waals surface area contributed by atoms with Gasteiger partial charge in [-0.1, -0.05) is 31.0 Å². The number of anilines is 1. The number of amides is 2. The lowest BCUT2D eigenvalue weighted by atomic mass is 9.90. The van der Waals surface area contributed by atoms with E-state index in [1.807, 2.05) is 35.7 Å². The van der Waals surface area contributed by atoms with Crippen LogP contribution in [0.5, 0.6) is 0 Å². The molecule has 2 amide bonds. The fourth-order valence-electron chi connectivity index (χ4n) is 5.22. The third kappa shape index (κ3) is 4.03. The molecule has 3 fully saturated rings. The van der Waals surface area contributed by atoms with Crippen molar-refractivity contribution in [2.24, 2.45) is 11.8 Å². The molecule has 0 spiro atoms. The Bertz CT molecular complexity index is 907. The van der Waals surface area contributed by atoms with Gasteiger partial charge >= 0.3 is 0 Å². The number of fused-ring (bicyclic) bond motifs is 1. The summed E-state index contributed by atoms with van der Waals surface area (Å²) < 4.78 is 6.39. The van der Waals surface area contributed by atoms with Crippen molar-refractivity contribution in [1.29, 1.82) is 0 Å². The van der Waals surface area contributed by atoms with Crippen molar-refractivity contribution >= 4 is 28.8 Å². The average molecular weight is 425 g/mol. The van der Waals surface area contributed by atoms with Gasteiger partial charge in [-0.2, -0.15) is 0 Å². The molecule has 1 saturated carbocycles. The van der Waals surface area contributed by atoms with Gasteiger partial charge in [0.05, 0.1) is 17.1 Å². The second-order valence-corrected chi connectivity index (χ2v) is 9.72. The Hall–Kier alpha value is -2.18. The Balaban J connectivity index is 1.22. The van der Waals surface area contributed by atoms with Crippen LogP contribution in [-0.2, 0) is 9.53 Å². The molecule has 3 aliphatic rings. The van der Waals surface area contributed by atoms with Gasteiger partial charge in [0.25, 0.3) is 5.91 Å². The summed E-state index contributed by atoms with van der Waals surface area (Å²) >= 11 is 1.44. The summed E-state index contributed by atoms with van der Waals surface area (Å²) in [6.07, 6.45) is 6.63. The lowest BCUT2D eigenvalue weighted by Crippen LogP contribution is -2.46. The minimum atomic E-state index is -0.0794. The highest BCUT2D eigenvalue weighted by atomic mass is 32.1. The molecule has 2 aliphatic heterocycles. The molecule has 30 heavy (non-hydrogen) atoms. The van der Waals surface area contributed by atoms with Crippen molar-refractivity contribution in [1.82, 2.24) is 4.90 Å². The maximum atomic E-state index is 12.8. The molecule has 3 unspecified atom stereocenters. The van der Waals surface area contributed by atoms with Crippen molar-refractivity contribution in [3.63, 3.8) is 0 Å². The molecule has 6 heteroatoms. The number of rotatable bonds is 4. The summed E-state index contributed by atoms with van der Waals surface area (Å²) in [4.78, 5) is 28.0. The second kappa shape index (κ2) is 8.52. The fourth-order valence-corrected chi connectivity index (χ4v) is 5.84. The molecular formula is C24H28N2O3S. The molecule has 5 rings (SSSR count). The number of likely N-dealkylation sites (tertiary alicyclic amines) is 1.